The van der Waals surface area contributed by atoms with E-state index in [2.05, 4.69) is 15.2 Å². The molecule has 0 radical (unpaired) electrons. The molecule has 1 aromatic rings. The van der Waals surface area contributed by atoms with E-state index in [9.17, 15) is 9.18 Å². The number of ether oxygens (including phenoxy) is 2. The summed E-state index contributed by atoms with van der Waals surface area (Å²) in [7, 11) is 4.57. The minimum Gasteiger partial charge on any atom is -0.494 e. The molecule has 0 aliphatic carbocycles. The second kappa shape index (κ2) is 10.4. The Bertz CT molecular complexity index is 605. The summed E-state index contributed by atoms with van der Waals surface area (Å²) in [6, 6.07) is 4.87. The molecular weight excluding hydrogens is 440 g/mol. The highest BCUT2D eigenvalue weighted by atomic mass is 127. The molecule has 140 valence electrons. The predicted octanol–water partition coefficient (Wildman–Crippen LogP) is 2.41. The number of nitrogens with zero attached hydrogens (tertiary/aromatic N) is 2. The number of carbonyl (C=O) groups excluding carboxylic acids is 1. The molecule has 1 fully saturated rings. The van der Waals surface area contributed by atoms with Crippen molar-refractivity contribution >= 4 is 35.9 Å². The number of halogens is 2. The van der Waals surface area contributed by atoms with Crippen molar-refractivity contribution in [1.29, 1.82) is 0 Å². The number of esters is 1. The first-order valence-corrected chi connectivity index (χ1v) is 7.95. The average molecular weight is 465 g/mol. The number of guanidine groups is 1. The van der Waals surface area contributed by atoms with Crippen LogP contribution in [0.25, 0.3) is 0 Å². The van der Waals surface area contributed by atoms with E-state index in [1.165, 1.54) is 20.3 Å². The number of likely N-dealkylation sites (tertiary alicyclic amines) is 1. The van der Waals surface area contributed by atoms with Gasteiger partial charge in [-0.3, -0.25) is 9.79 Å². The van der Waals surface area contributed by atoms with Crippen LogP contribution in [-0.4, -0.2) is 51.2 Å². The van der Waals surface area contributed by atoms with E-state index in [0.717, 1.165) is 37.5 Å². The van der Waals surface area contributed by atoms with Crippen LogP contribution in [-0.2, 0) is 16.1 Å². The van der Waals surface area contributed by atoms with Gasteiger partial charge in [0.05, 0.1) is 20.1 Å². The molecule has 6 nitrogen and oxygen atoms in total. The maximum atomic E-state index is 13.7. The first-order chi connectivity index (χ1) is 11.6. The molecule has 1 aliphatic rings. The number of nitrogens with one attached hydrogen (secondary N) is 1. The van der Waals surface area contributed by atoms with Gasteiger partial charge in [-0.2, -0.15) is 0 Å². The lowest BCUT2D eigenvalue weighted by atomic mass is 9.97. The monoisotopic (exact) mass is 465 g/mol. The molecule has 0 spiro atoms. The Balaban J connectivity index is 0.00000312. The van der Waals surface area contributed by atoms with Crippen LogP contribution in [0.4, 0.5) is 4.39 Å². The summed E-state index contributed by atoms with van der Waals surface area (Å²) >= 11 is 0. The Hall–Kier alpha value is -1.58. The molecular formula is C17H25FIN3O3. The fourth-order valence-electron chi connectivity index (χ4n) is 2.83. The van der Waals surface area contributed by atoms with Gasteiger partial charge in [0.1, 0.15) is 0 Å². The Morgan fingerprint density at radius 2 is 2.04 bits per heavy atom. The van der Waals surface area contributed by atoms with Gasteiger partial charge in [0.15, 0.2) is 17.5 Å². The van der Waals surface area contributed by atoms with Gasteiger partial charge in [-0.15, -0.1) is 24.0 Å². The normalized spacial score (nSPS) is 15.4. The molecule has 2 rings (SSSR count). The van der Waals surface area contributed by atoms with E-state index in [1.807, 2.05) is 6.07 Å². The Labute approximate surface area is 164 Å². The highest BCUT2D eigenvalue weighted by Crippen LogP contribution is 2.19. The summed E-state index contributed by atoms with van der Waals surface area (Å²) < 4.78 is 23.4. The zero-order valence-electron chi connectivity index (χ0n) is 14.8. The van der Waals surface area contributed by atoms with Gasteiger partial charge >= 0.3 is 5.97 Å². The van der Waals surface area contributed by atoms with Crippen LogP contribution < -0.4 is 10.1 Å². The van der Waals surface area contributed by atoms with Crippen LogP contribution in [0.2, 0.25) is 0 Å². The molecule has 1 aliphatic heterocycles. The first kappa shape index (κ1) is 21.5. The largest absolute Gasteiger partial charge is 0.494 e. The van der Waals surface area contributed by atoms with Gasteiger partial charge < -0.3 is 19.7 Å². The maximum absolute atomic E-state index is 13.7. The first-order valence-electron chi connectivity index (χ1n) is 7.95. The minimum absolute atomic E-state index is 0. The SMILES string of the molecule is CN=C(NCc1ccc(OC)c(F)c1)N1CCC(C(=O)OC)CC1.I. The quantitative estimate of drug-likeness (QED) is 0.321. The van der Waals surface area contributed by atoms with E-state index in [1.54, 1.807) is 13.1 Å². The van der Waals surface area contributed by atoms with Crippen molar-refractivity contribution in [2.75, 3.05) is 34.4 Å². The van der Waals surface area contributed by atoms with Crippen molar-refractivity contribution in [3.63, 3.8) is 0 Å². The molecule has 0 unspecified atom stereocenters. The van der Waals surface area contributed by atoms with Crippen LogP contribution >= 0.6 is 24.0 Å². The highest BCUT2D eigenvalue weighted by molar-refractivity contribution is 14.0. The molecule has 25 heavy (non-hydrogen) atoms. The van der Waals surface area contributed by atoms with Crippen molar-refractivity contribution in [3.8, 4) is 5.75 Å². The number of piperidine rings is 1. The molecule has 0 saturated carbocycles. The number of carbonyl (C=O) groups is 1. The van der Waals surface area contributed by atoms with Crippen LogP contribution in [0.15, 0.2) is 23.2 Å². The molecule has 1 aromatic carbocycles. The zero-order chi connectivity index (χ0) is 17.5. The van der Waals surface area contributed by atoms with Crippen molar-refractivity contribution in [1.82, 2.24) is 10.2 Å². The third kappa shape index (κ3) is 5.72. The topological polar surface area (TPSA) is 63.2 Å². The lowest BCUT2D eigenvalue weighted by molar-refractivity contribution is -0.146. The molecule has 0 amide bonds. The third-order valence-electron chi connectivity index (χ3n) is 4.21. The summed E-state index contributed by atoms with van der Waals surface area (Å²) in [6.45, 7) is 1.93. The molecule has 1 heterocycles. The van der Waals surface area contributed by atoms with Gasteiger partial charge in [-0.1, -0.05) is 6.07 Å². The number of hydrogen-bond donors (Lipinski definition) is 1. The molecule has 0 atom stereocenters. The standard InChI is InChI=1S/C17H24FN3O3.HI/c1-19-17(21-8-6-13(7-9-21)16(22)24-3)20-11-12-4-5-15(23-2)14(18)10-12;/h4-5,10,13H,6-9,11H2,1-3H3,(H,19,20);1H. The molecule has 1 N–H and O–H groups in total. The van der Waals surface area contributed by atoms with E-state index >= 15 is 0 Å². The van der Waals surface area contributed by atoms with Crippen LogP contribution in [0.3, 0.4) is 0 Å². The van der Waals surface area contributed by atoms with Crippen molar-refractivity contribution in [2.45, 2.75) is 19.4 Å². The molecule has 8 heteroatoms. The fourth-order valence-corrected chi connectivity index (χ4v) is 2.83. The second-order valence-electron chi connectivity index (χ2n) is 5.65. The lowest BCUT2D eigenvalue weighted by Gasteiger charge is -2.33. The summed E-state index contributed by atoms with van der Waals surface area (Å²) in [4.78, 5) is 17.9. The van der Waals surface area contributed by atoms with Crippen molar-refractivity contribution in [3.05, 3.63) is 29.6 Å². The van der Waals surface area contributed by atoms with Crippen molar-refractivity contribution in [2.24, 2.45) is 10.9 Å². The van der Waals surface area contributed by atoms with E-state index < -0.39 is 0 Å². The number of methoxy groups -OCH3 is 2. The van der Waals surface area contributed by atoms with Gasteiger partial charge in [-0.05, 0) is 30.5 Å². The van der Waals surface area contributed by atoms with Gasteiger partial charge in [0, 0.05) is 26.7 Å². The summed E-state index contributed by atoms with van der Waals surface area (Å²) in [5, 5.41) is 3.23. The maximum Gasteiger partial charge on any atom is 0.308 e. The fraction of sp³-hybridized carbons (Fsp3) is 0.529. The van der Waals surface area contributed by atoms with Crippen LogP contribution in [0, 0.1) is 11.7 Å². The number of benzene rings is 1. The number of aliphatic imine (C=N–C) groups is 1. The van der Waals surface area contributed by atoms with Crippen LogP contribution in [0.5, 0.6) is 5.75 Å². The van der Waals surface area contributed by atoms with Gasteiger partial charge in [-0.25, -0.2) is 4.39 Å². The molecule has 0 aromatic heterocycles. The second-order valence-corrected chi connectivity index (χ2v) is 5.65. The lowest BCUT2D eigenvalue weighted by Crippen LogP contribution is -2.46. The minimum atomic E-state index is -0.384. The Morgan fingerprint density at radius 1 is 1.36 bits per heavy atom. The molecule has 0 bridgehead atoms. The summed E-state index contributed by atoms with van der Waals surface area (Å²) in [5.41, 5.74) is 0.805. The molecule has 1 saturated heterocycles. The number of hydrogen-bond acceptors (Lipinski definition) is 4. The van der Waals surface area contributed by atoms with E-state index in [0.29, 0.717) is 6.54 Å². The predicted molar refractivity (Wildman–Crippen MR) is 105 cm³/mol. The summed E-state index contributed by atoms with van der Waals surface area (Å²) in [6.07, 6.45) is 1.48. The van der Waals surface area contributed by atoms with Crippen molar-refractivity contribution < 1.29 is 18.7 Å². The van der Waals surface area contributed by atoms with Gasteiger partial charge in [0.25, 0.3) is 0 Å². The number of rotatable bonds is 4. The Morgan fingerprint density at radius 3 is 2.56 bits per heavy atom. The van der Waals surface area contributed by atoms with E-state index in [4.69, 9.17) is 9.47 Å². The summed E-state index contributed by atoms with van der Waals surface area (Å²) in [5.74, 6) is 0.402. The smallest absolute Gasteiger partial charge is 0.308 e. The Kier molecular flexibility index (Phi) is 8.95. The van der Waals surface area contributed by atoms with Crippen LogP contribution in [0.1, 0.15) is 18.4 Å². The highest BCUT2D eigenvalue weighted by Gasteiger charge is 2.26. The zero-order valence-corrected chi connectivity index (χ0v) is 17.1. The average Bonchev–Trinajstić information content (AvgIpc) is 2.62. The van der Waals surface area contributed by atoms with Gasteiger partial charge in [0.2, 0.25) is 0 Å². The van der Waals surface area contributed by atoms with E-state index in [-0.39, 0.29) is 47.4 Å². The third-order valence-corrected chi connectivity index (χ3v) is 4.21.